The molecule has 0 radical (unpaired) electrons. The molecule has 0 amide bonds. The quantitative estimate of drug-likeness (QED) is 0.474. The average Bonchev–Trinajstić information content (AvgIpc) is 2.18. The molecule has 0 unspecified atom stereocenters. The Labute approximate surface area is 104 Å². The highest BCUT2D eigenvalue weighted by molar-refractivity contribution is 9.12. The molecule has 0 saturated heterocycles. The maximum atomic E-state index is 13.1. The zero-order chi connectivity index (χ0) is 11.8. The second kappa shape index (κ2) is 7.82. The number of ether oxygens (including phenoxy) is 1. The lowest BCUT2D eigenvalue weighted by molar-refractivity contribution is 0.151. The number of rotatable bonds is 6. The molecule has 0 aliphatic heterocycles. The minimum atomic E-state index is -1.02. The maximum Gasteiger partial charge on any atom is 0.290 e. The van der Waals surface area contributed by atoms with Crippen LogP contribution in [-0.4, -0.2) is 0 Å². The van der Waals surface area contributed by atoms with Gasteiger partial charge < -0.3 is 4.74 Å². The van der Waals surface area contributed by atoms with Crippen molar-refractivity contribution in [2.45, 2.75) is 12.8 Å². The first-order valence-electron chi connectivity index (χ1n) is 4.00. The van der Waals surface area contributed by atoms with Crippen LogP contribution in [-0.2, 0) is 4.74 Å². The van der Waals surface area contributed by atoms with Crippen molar-refractivity contribution < 1.29 is 13.5 Å². The van der Waals surface area contributed by atoms with E-state index in [2.05, 4.69) is 49.8 Å². The predicted octanol–water partition coefficient (Wildman–Crippen LogP) is 5.22. The Morgan fingerprint density at radius 3 is 1.60 bits per heavy atom. The molecule has 0 heterocycles. The van der Waals surface area contributed by atoms with Crippen molar-refractivity contribution in [2.75, 3.05) is 0 Å². The van der Waals surface area contributed by atoms with Crippen molar-refractivity contribution in [3.63, 3.8) is 0 Å². The standard InChI is InChI=1S/C10H10Br2F2O/c1-3-5-7(11)9(13)15-10(14)8(12)6-4-2/h3-4H,1-2,5-6H2. The third kappa shape index (κ3) is 5.89. The van der Waals surface area contributed by atoms with Gasteiger partial charge in [0, 0.05) is 12.8 Å². The molecule has 0 bridgehead atoms. The molecule has 0 N–H and O–H groups in total. The van der Waals surface area contributed by atoms with Gasteiger partial charge in [-0.1, -0.05) is 12.2 Å². The van der Waals surface area contributed by atoms with E-state index in [1.807, 2.05) is 0 Å². The highest BCUT2D eigenvalue weighted by atomic mass is 79.9. The lowest BCUT2D eigenvalue weighted by atomic mass is 10.4. The topological polar surface area (TPSA) is 9.23 Å². The van der Waals surface area contributed by atoms with E-state index in [0.29, 0.717) is 0 Å². The lowest BCUT2D eigenvalue weighted by Crippen LogP contribution is -1.88. The first kappa shape index (κ1) is 14.6. The minimum absolute atomic E-state index is 0.103. The Hall–Kier alpha value is -0.420. The Kier molecular flexibility index (Phi) is 7.60. The summed E-state index contributed by atoms with van der Waals surface area (Å²) in [5.41, 5.74) is 0. The fourth-order valence-corrected chi connectivity index (χ4v) is 1.22. The van der Waals surface area contributed by atoms with E-state index in [-0.39, 0.29) is 21.8 Å². The van der Waals surface area contributed by atoms with Crippen LogP contribution in [0.2, 0.25) is 0 Å². The molecular formula is C10H10Br2F2O. The highest BCUT2D eigenvalue weighted by Gasteiger charge is 2.10. The Bertz CT molecular complexity index is 279. The third-order valence-corrected chi connectivity index (χ3v) is 2.52. The van der Waals surface area contributed by atoms with Crippen molar-refractivity contribution in [2.24, 2.45) is 0 Å². The number of hydrogen-bond acceptors (Lipinski definition) is 1. The zero-order valence-corrected chi connectivity index (χ0v) is 11.1. The summed E-state index contributed by atoms with van der Waals surface area (Å²) in [4.78, 5) is 0. The van der Waals surface area contributed by atoms with Crippen LogP contribution in [0.25, 0.3) is 0 Å². The van der Waals surface area contributed by atoms with Crippen molar-refractivity contribution in [3.05, 3.63) is 46.3 Å². The molecule has 0 aromatic rings. The van der Waals surface area contributed by atoms with Gasteiger partial charge >= 0.3 is 0 Å². The zero-order valence-electron chi connectivity index (χ0n) is 7.90. The lowest BCUT2D eigenvalue weighted by Gasteiger charge is -2.03. The summed E-state index contributed by atoms with van der Waals surface area (Å²) in [6, 6.07) is -2.04. The van der Waals surface area contributed by atoms with Gasteiger partial charge in [0.15, 0.2) is 0 Å². The van der Waals surface area contributed by atoms with E-state index < -0.39 is 12.0 Å². The van der Waals surface area contributed by atoms with Gasteiger partial charge in [-0.05, 0) is 31.9 Å². The van der Waals surface area contributed by atoms with E-state index in [9.17, 15) is 8.78 Å². The van der Waals surface area contributed by atoms with E-state index in [0.717, 1.165) is 0 Å². The van der Waals surface area contributed by atoms with Crippen LogP contribution in [0, 0.1) is 0 Å². The van der Waals surface area contributed by atoms with Crippen LogP contribution < -0.4 is 0 Å². The van der Waals surface area contributed by atoms with E-state index in [4.69, 9.17) is 0 Å². The SMILES string of the molecule is C=CCC(Br)=C(F)OC(F)=C(Br)CC=C. The van der Waals surface area contributed by atoms with Gasteiger partial charge in [0.25, 0.3) is 12.0 Å². The molecule has 1 nitrogen and oxygen atoms in total. The van der Waals surface area contributed by atoms with Gasteiger partial charge in [0.2, 0.25) is 0 Å². The molecule has 15 heavy (non-hydrogen) atoms. The van der Waals surface area contributed by atoms with Crippen LogP contribution in [0.4, 0.5) is 8.78 Å². The summed E-state index contributed by atoms with van der Waals surface area (Å²) in [6.07, 6.45) is 3.40. The predicted molar refractivity (Wildman–Crippen MR) is 64.8 cm³/mol. The molecule has 84 valence electrons. The summed E-state index contributed by atoms with van der Waals surface area (Å²) >= 11 is 5.81. The van der Waals surface area contributed by atoms with Gasteiger partial charge in [-0.2, -0.15) is 8.78 Å². The summed E-state index contributed by atoms with van der Waals surface area (Å²) in [7, 11) is 0. The molecular weight excluding hydrogens is 334 g/mol. The largest absolute Gasteiger partial charge is 0.403 e. The number of halogens is 4. The number of allylic oxidation sites excluding steroid dienone is 4. The fourth-order valence-electron chi connectivity index (χ4n) is 0.603. The van der Waals surface area contributed by atoms with Gasteiger partial charge in [-0.15, -0.1) is 13.2 Å². The molecule has 0 fully saturated rings. The van der Waals surface area contributed by atoms with E-state index in [1.165, 1.54) is 12.2 Å². The summed E-state index contributed by atoms with van der Waals surface area (Å²) in [5.74, 6) is 0. The molecule has 0 atom stereocenters. The van der Waals surface area contributed by atoms with Crippen molar-refractivity contribution in [1.29, 1.82) is 0 Å². The Morgan fingerprint density at radius 1 is 1.00 bits per heavy atom. The molecule has 0 aromatic carbocycles. The highest BCUT2D eigenvalue weighted by Crippen LogP contribution is 2.26. The van der Waals surface area contributed by atoms with E-state index in [1.54, 1.807) is 0 Å². The normalized spacial score (nSPS) is 13.9. The second-order valence-corrected chi connectivity index (χ2v) is 4.36. The van der Waals surface area contributed by atoms with Gasteiger partial charge in [-0.25, -0.2) is 0 Å². The van der Waals surface area contributed by atoms with Gasteiger partial charge in [0.1, 0.15) is 0 Å². The van der Waals surface area contributed by atoms with Crippen molar-refractivity contribution >= 4 is 31.9 Å². The minimum Gasteiger partial charge on any atom is -0.403 e. The molecule has 0 aliphatic carbocycles. The molecule has 0 spiro atoms. The van der Waals surface area contributed by atoms with E-state index >= 15 is 0 Å². The molecule has 0 aromatic heterocycles. The number of hydrogen-bond donors (Lipinski definition) is 0. The third-order valence-electron chi connectivity index (χ3n) is 1.25. The van der Waals surface area contributed by atoms with Crippen molar-refractivity contribution in [1.82, 2.24) is 0 Å². The van der Waals surface area contributed by atoms with Gasteiger partial charge in [-0.3, -0.25) is 0 Å². The fraction of sp³-hybridized carbons (Fsp3) is 0.200. The van der Waals surface area contributed by atoms with Crippen LogP contribution in [0.1, 0.15) is 12.8 Å². The molecule has 0 saturated carbocycles. The molecule has 5 heteroatoms. The second-order valence-electron chi connectivity index (χ2n) is 2.44. The maximum absolute atomic E-state index is 13.1. The van der Waals surface area contributed by atoms with Crippen LogP contribution in [0.15, 0.2) is 46.3 Å². The molecule has 0 aliphatic rings. The first-order valence-corrected chi connectivity index (χ1v) is 5.59. The first-order chi connectivity index (χ1) is 7.02. The van der Waals surface area contributed by atoms with Gasteiger partial charge in [0.05, 0.1) is 8.96 Å². The van der Waals surface area contributed by atoms with Crippen molar-refractivity contribution in [3.8, 4) is 0 Å². The summed E-state index contributed by atoms with van der Waals surface area (Å²) in [6.45, 7) is 6.82. The van der Waals surface area contributed by atoms with Crippen LogP contribution in [0.3, 0.4) is 0 Å². The Balaban J connectivity index is 4.58. The van der Waals surface area contributed by atoms with Crippen LogP contribution >= 0.6 is 31.9 Å². The summed E-state index contributed by atoms with van der Waals surface area (Å²) in [5, 5.41) is 0. The average molecular weight is 344 g/mol. The van der Waals surface area contributed by atoms with Crippen LogP contribution in [0.5, 0.6) is 0 Å². The smallest absolute Gasteiger partial charge is 0.290 e. The molecule has 0 rings (SSSR count). The summed E-state index contributed by atoms with van der Waals surface area (Å²) < 4.78 is 30.7. The Morgan fingerprint density at radius 2 is 1.33 bits per heavy atom. The monoisotopic (exact) mass is 342 g/mol.